The Hall–Kier alpha value is -6.18. The Morgan fingerprint density at radius 2 is 0.909 bits per heavy atom. The van der Waals surface area contributed by atoms with Crippen molar-refractivity contribution in [2.24, 2.45) is 123 Å². The van der Waals surface area contributed by atoms with E-state index in [1.165, 1.54) is 123 Å². The van der Waals surface area contributed by atoms with Gasteiger partial charge in [0.05, 0.1) is 61.4 Å². The fraction of sp³-hybridized carbons (Fsp3) is 0.757. The summed E-state index contributed by atoms with van der Waals surface area (Å²) < 4.78 is 38.0. The molecule has 3 spiro atoms. The number of piperidine rings is 3. The summed E-state index contributed by atoms with van der Waals surface area (Å²) in [7, 11) is 4.83. The van der Waals surface area contributed by atoms with Crippen LogP contribution in [-0.4, -0.2) is 223 Å². The number of ketones is 5. The summed E-state index contributed by atoms with van der Waals surface area (Å²) in [4.78, 5) is 107. The van der Waals surface area contributed by atoms with Gasteiger partial charge in [0, 0.05) is 146 Å². The zero-order valence-corrected chi connectivity index (χ0v) is 91.6. The van der Waals surface area contributed by atoms with Crippen molar-refractivity contribution in [1.82, 2.24) is 51.7 Å². The van der Waals surface area contributed by atoms with Crippen LogP contribution in [0.1, 0.15) is 323 Å². The second-order valence-electron chi connectivity index (χ2n) is 48.1. The number of carbonyl (C=O) groups excluding carboxylic acids is 9. The molecule has 143 heavy (non-hydrogen) atoms. The first-order valence-electron chi connectivity index (χ1n) is 54.7. The van der Waals surface area contributed by atoms with E-state index in [1.54, 1.807) is 47.1 Å². The summed E-state index contributed by atoms with van der Waals surface area (Å²) in [5.74, 6) is 13.4. The number of hydrogen-bond donors (Lipinski definition) is 5. The number of likely N-dealkylation sites (tertiary alicyclic amines) is 2. The van der Waals surface area contributed by atoms with E-state index in [2.05, 4.69) is 147 Å². The number of tetrazole rings is 1. The number of nitrogens with zero attached hydrogens (tertiary/aromatic N) is 5. The van der Waals surface area contributed by atoms with Crippen LogP contribution in [0, 0.1) is 123 Å². The van der Waals surface area contributed by atoms with E-state index >= 15 is 0 Å². The quantitative estimate of drug-likeness (QED) is 0.0130. The number of aromatic amines is 1. The van der Waals surface area contributed by atoms with Gasteiger partial charge in [0.25, 0.3) is 0 Å². The van der Waals surface area contributed by atoms with E-state index in [9.17, 15) is 38.4 Å². The molecule has 1 aromatic heterocycles. The second-order valence-corrected chi connectivity index (χ2v) is 48.1. The molecule has 9 saturated carbocycles. The summed E-state index contributed by atoms with van der Waals surface area (Å²) in [6.07, 6.45) is 36.8. The summed E-state index contributed by atoms with van der Waals surface area (Å²) >= 11 is 0. The molecule has 6 saturated heterocycles. The molecule has 28 heteroatoms. The standard InChI is InChI=1S/C38H54N2O3.C33H50N6O3.C28H43NO2.C10H13NO2.C4H6O3.C2H3O.BO.Na.H2O/c1-24-18-35-36(40(23-24)17-16-39-22-34(42)27-8-6-5-7-9-27)26(3)38(43-35)15-13-30-31-11-10-28-19-29(41)12-14-37(28,4)33(31)20-32(30)25(2)21-38;1-19-13-28-31(39(18-19)12-11-34-30(41)16-29-35-37-38-36-29)21(3)33(42-28)10-8-24-25-6-5-22-14-23(40)7-9-32(22,4)27(25)15-26(24)20(2)17-33;1-16-11-25-26(29-15-16)18(3)28(31-25)10-8-21-22-6-5-19-12-20(30)7-9-27(19,4)24(22)13-23(21)17(2)14-28;1-13-8-11-7-10(12)9-5-3-2-4-6-9;1-3(5)7-4(2)6;1-2-3;1-2;;/h5-9,24,26,28,30-31,33,35-36,39H,10-23H2,1-4H3;19,21-22,24-25,27-28,31H,5-18H2,1-4H3,(H,34,41)(H,35,36,37,38);16,18-19,21-22,24-26,29H,5-15H2,1-4H3;2-6,11H,7-8H2,1H3;1-2H3;1H3;;;1H2/q;;;;;-1;;+1;/t24-,26+,28+,30-,31-,33-,35+,36-,37-,38-;19-,21+,22+,24-,25-,27-,28+,31-,32-,33-;16-,18+,19+,21-,22-,24-,25+,26-,27-,28-;;;;;;/m000....../s1. The van der Waals surface area contributed by atoms with Crippen molar-refractivity contribution < 1.29 is 107 Å². The van der Waals surface area contributed by atoms with Gasteiger partial charge in [-0.15, -0.1) is 10.2 Å². The van der Waals surface area contributed by atoms with Crippen LogP contribution >= 0.6 is 0 Å². The Morgan fingerprint density at radius 3 is 1.29 bits per heavy atom. The fourth-order valence-corrected chi connectivity index (χ4v) is 33.2. The molecule has 30 atom stereocenters. The van der Waals surface area contributed by atoms with E-state index in [-0.39, 0.29) is 81.8 Å². The number of H-pyrrole nitrogens is 1. The van der Waals surface area contributed by atoms with Crippen LogP contribution in [0.2, 0.25) is 0 Å². The van der Waals surface area contributed by atoms with E-state index in [1.807, 2.05) is 54.1 Å². The number of rotatable bonds is 16. The van der Waals surface area contributed by atoms with Gasteiger partial charge < -0.3 is 49.9 Å². The van der Waals surface area contributed by atoms with Crippen molar-refractivity contribution in [3.05, 3.63) is 111 Å². The van der Waals surface area contributed by atoms with Gasteiger partial charge in [0.15, 0.2) is 17.4 Å². The van der Waals surface area contributed by atoms with Crippen LogP contribution in [0.15, 0.2) is 94.1 Å². The van der Waals surface area contributed by atoms with E-state index in [0.717, 1.165) is 200 Å². The Kier molecular flexibility index (Phi) is 39.3. The summed E-state index contributed by atoms with van der Waals surface area (Å²) in [6.45, 7) is 40.9. The van der Waals surface area contributed by atoms with E-state index in [4.69, 9.17) is 28.4 Å². The zero-order valence-electron chi connectivity index (χ0n) is 89.6. The number of nitrogens with one attached hydrogen (secondary N) is 5. The molecule has 15 fully saturated rings. The first-order valence-corrected chi connectivity index (χ1v) is 54.7. The van der Waals surface area contributed by atoms with Crippen LogP contribution in [0.4, 0.5) is 0 Å². The molecule has 1 amide bonds. The molecule has 6 aliphatic heterocycles. The average molecular weight is 1980 g/mol. The molecule has 781 valence electrons. The van der Waals surface area contributed by atoms with Gasteiger partial charge in [-0.2, -0.15) is 12.1 Å². The topological polar surface area (TPSA) is 357 Å². The molecule has 3 aromatic rings. The molecule has 0 unspecified atom stereocenters. The zero-order chi connectivity index (χ0) is 101. The van der Waals surface area contributed by atoms with Crippen molar-refractivity contribution in [3.63, 3.8) is 0 Å². The van der Waals surface area contributed by atoms with Gasteiger partial charge in [-0.25, -0.2) is 0 Å². The Labute approximate surface area is 875 Å². The normalized spacial score (nSPS) is 38.8. The molecule has 21 rings (SSSR count). The summed E-state index contributed by atoms with van der Waals surface area (Å²) in [5, 5.41) is 27.0. The molecule has 0 bridgehead atoms. The third-order valence-corrected chi connectivity index (χ3v) is 40.1. The maximum atomic E-state index is 12.6. The predicted octanol–water partition coefficient (Wildman–Crippen LogP) is 13.8. The Morgan fingerprint density at radius 1 is 0.524 bits per heavy atom. The number of hydrogen-bond acceptors (Lipinski definition) is 23. The molecular weight excluding hydrogens is 1810 g/mol. The second kappa shape index (κ2) is 49.3. The predicted molar refractivity (Wildman–Crippen MR) is 547 cm³/mol. The van der Waals surface area contributed by atoms with Gasteiger partial charge in [-0.05, 0) is 286 Å². The van der Waals surface area contributed by atoms with Crippen LogP contribution in [-0.2, 0) is 68.4 Å². The molecule has 2 aromatic carbocycles. The van der Waals surface area contributed by atoms with Gasteiger partial charge >= 0.3 is 53.9 Å². The first-order chi connectivity index (χ1) is 67.5. The minimum atomic E-state index is -0.562. The number of allylic oxidation sites excluding steroid dienone is 3. The third-order valence-electron chi connectivity index (χ3n) is 40.1. The third kappa shape index (κ3) is 24.5. The summed E-state index contributed by atoms with van der Waals surface area (Å²) in [5.41, 5.74) is 12.8. The number of carbonyl (C=O) groups is 8. The molecule has 1 radical (unpaired) electrons. The van der Waals surface area contributed by atoms with Gasteiger partial charge in [-0.3, -0.25) is 59.8 Å². The first kappa shape index (κ1) is 114. The maximum Gasteiger partial charge on any atom is 1.00 e. The maximum absolute atomic E-state index is 12.6. The van der Waals surface area contributed by atoms with Crippen LogP contribution in [0.25, 0.3) is 0 Å². The number of amides is 1. The van der Waals surface area contributed by atoms with Gasteiger partial charge in [-0.1, -0.05) is 162 Å². The van der Waals surface area contributed by atoms with E-state index < -0.39 is 11.9 Å². The molecule has 26 nitrogen and oxygen atoms in total. The monoisotopic (exact) mass is 1980 g/mol. The molecular formula is C115H171BN10NaO16. The number of benzene rings is 2. The Bertz CT molecular complexity index is 4970. The Balaban J connectivity index is 0.000000161. The van der Waals surface area contributed by atoms with Crippen LogP contribution in [0.5, 0.6) is 0 Å². The molecule has 7 heterocycles. The van der Waals surface area contributed by atoms with Gasteiger partial charge in [0.2, 0.25) is 5.91 Å². The van der Waals surface area contributed by atoms with Crippen LogP contribution in [0.3, 0.4) is 0 Å². The molecule has 18 aliphatic rings. The number of aromatic nitrogens is 4. The SMILES string of the molecule is CC(=O)OC(C)=O.CC1=C2C[C@H]3[C@@H](CC[C@@H]4CC(=O)CC[C@@]43C)[C@@H]2CC[C@@]2(C1)O[C@@H]1C[C@H](C)CN(CCNC(=O)Cc3nn[nH]n3)[C@H]1[C@H]2C.CC1=C2C[C@H]3[C@@H](CC[C@@H]4CC(=O)CC[C@@]43C)[C@@H]2CC[C@@]2(C1)O[C@@H]1C[C@H](C)CN(CCNCC(=O)c3ccccc3)[C@H]1[C@H]2C.CC1=C2C[C@H]3[C@@H](CC[C@@H]4CC(=O)CC[C@@]43C)[C@@H]2CC[C@@]2(C1)O[C@@H]1C[C@H](C)CN[C@H]1[C@H]2C.COCNCC(=O)c1ccccc1.C[C-]=O.O.[B]=O.[Na+]. The van der Waals surface area contributed by atoms with Crippen molar-refractivity contribution in [1.29, 1.82) is 0 Å². The molecule has 7 N–H and O–H groups in total. The van der Waals surface area contributed by atoms with Crippen molar-refractivity contribution in [2.45, 2.75) is 356 Å². The number of esters is 2. The number of ether oxygens (including phenoxy) is 5. The van der Waals surface area contributed by atoms with Crippen molar-refractivity contribution >= 4 is 60.8 Å². The largest absolute Gasteiger partial charge is 1.00 e. The fourth-order valence-electron chi connectivity index (χ4n) is 33.2. The number of methoxy groups -OCH3 is 1. The minimum absolute atomic E-state index is 0. The van der Waals surface area contributed by atoms with Crippen molar-refractivity contribution in [3.8, 4) is 0 Å². The summed E-state index contributed by atoms with van der Waals surface area (Å²) in [6, 6.07) is 20.2. The van der Waals surface area contributed by atoms with Gasteiger partial charge in [0.1, 0.15) is 17.3 Å². The number of Topliss-reactive ketones (excluding diaryl/α,β-unsaturated/α-hetero) is 5. The molecule has 12 aliphatic carbocycles. The average Bonchev–Trinajstić information content (AvgIpc) is 1.57. The van der Waals surface area contributed by atoms with Crippen molar-refractivity contribution in [2.75, 3.05) is 72.7 Å². The smallest absolute Gasteiger partial charge is 1.00 e. The van der Waals surface area contributed by atoms with E-state index in [0.29, 0.717) is 149 Å². The number of fused-ring (bicyclic) bond motifs is 18. The minimum Gasteiger partial charge on any atom is 1.00 e. The van der Waals surface area contributed by atoms with Crippen LogP contribution < -0.4 is 50.8 Å².